The molecule has 19 heavy (non-hydrogen) atoms. The van der Waals surface area contributed by atoms with Gasteiger partial charge in [-0.25, -0.2) is 5.21 Å². The second-order valence-electron chi connectivity index (χ2n) is 3.58. The van der Waals surface area contributed by atoms with Crippen molar-refractivity contribution in [3.05, 3.63) is 70.7 Å². The quantitative estimate of drug-likeness (QED) is 0.447. The first-order valence-electron chi connectivity index (χ1n) is 5.22. The molecule has 6 nitrogen and oxygen atoms in total. The summed E-state index contributed by atoms with van der Waals surface area (Å²) >= 11 is -0.637. The molecule has 0 saturated heterocycles. The first-order chi connectivity index (χ1) is 9.06. The molecule has 0 aliphatic carbocycles. The third-order valence-electron chi connectivity index (χ3n) is 2.27. The van der Waals surface area contributed by atoms with E-state index < -0.39 is 26.1 Å². The molecular weight excluding hydrogens is 363 g/mol. The lowest BCUT2D eigenvalue weighted by Crippen LogP contribution is -3.61. The largest absolute Gasteiger partial charge is 0.358 e. The van der Waals surface area contributed by atoms with Crippen molar-refractivity contribution >= 4 is 11.4 Å². The Kier molecular flexibility index (Phi) is 4.05. The van der Waals surface area contributed by atoms with Crippen molar-refractivity contribution < 1.29 is 36.3 Å². The van der Waals surface area contributed by atoms with Gasteiger partial charge >= 0.3 is 26.9 Å². The minimum absolute atomic E-state index is 0.0564. The Morgan fingerprint density at radius 1 is 0.947 bits per heavy atom. The number of rotatable bonds is 4. The summed E-state index contributed by atoms with van der Waals surface area (Å²) < 4.78 is 1.77. The van der Waals surface area contributed by atoms with E-state index in [1.54, 1.807) is 18.2 Å². The van der Waals surface area contributed by atoms with Crippen molar-refractivity contribution in [1.29, 1.82) is 0 Å². The molecule has 1 N–H and O–H groups in total. The second-order valence-corrected chi connectivity index (χ2v) is 6.61. The van der Waals surface area contributed by atoms with Crippen LogP contribution in [0.2, 0.25) is 0 Å². The smallest absolute Gasteiger partial charge is 0.258 e. The van der Waals surface area contributed by atoms with Gasteiger partial charge in [0.05, 0.1) is 22.0 Å². The Hall–Kier alpha value is -2.03. The van der Waals surface area contributed by atoms with E-state index in [9.17, 15) is 15.0 Å². The molecule has 0 amide bonds. The molecule has 0 heterocycles. The van der Waals surface area contributed by atoms with E-state index in [-0.39, 0.29) is 16.3 Å². The molecule has 0 atom stereocenters. The van der Waals surface area contributed by atoms with Crippen LogP contribution in [-0.2, 0) is 0 Å². The summed E-state index contributed by atoms with van der Waals surface area (Å²) in [7, 11) is 0. The number of hydrogen-bond donors (Lipinski definition) is 1. The van der Waals surface area contributed by atoms with Crippen molar-refractivity contribution in [2.75, 3.05) is 0 Å². The molecule has 0 fully saturated rings. The standard InChI is InChI=1S/C12H9IN2O4/c16-14(17)11-5-1-3-9(7-11)13-10-4-2-6-12(8-10)15(18)19/h1-8H,(H,16,17)/q+2. The molecule has 0 bridgehead atoms. The van der Waals surface area contributed by atoms with Crippen molar-refractivity contribution in [3.8, 4) is 0 Å². The number of hydrogen-bond acceptors (Lipinski definition) is 3. The molecule has 0 unspecified atom stereocenters. The Morgan fingerprint density at radius 3 is 2.00 bits per heavy atom. The van der Waals surface area contributed by atoms with Gasteiger partial charge in [0.25, 0.3) is 10.6 Å². The topological polar surface area (TPSA) is 83.5 Å². The average molecular weight is 372 g/mol. The summed E-state index contributed by atoms with van der Waals surface area (Å²) in [6, 6.07) is 13.0. The lowest BCUT2D eigenvalue weighted by atomic mass is 10.3. The third-order valence-corrected chi connectivity index (χ3v) is 4.85. The lowest BCUT2D eigenvalue weighted by Gasteiger charge is -1.89. The van der Waals surface area contributed by atoms with Gasteiger partial charge in [-0.3, -0.25) is 10.1 Å². The number of non-ortho nitro benzene ring substituents is 1. The summed E-state index contributed by atoms with van der Waals surface area (Å²) in [5.74, 6) is 0. The van der Waals surface area contributed by atoms with E-state index in [1.807, 2.05) is 12.1 Å². The second kappa shape index (κ2) is 5.74. The van der Waals surface area contributed by atoms with E-state index >= 15 is 0 Å². The van der Waals surface area contributed by atoms with Gasteiger partial charge in [0, 0.05) is 12.1 Å². The van der Waals surface area contributed by atoms with Crippen LogP contribution < -0.4 is 21.2 Å². The van der Waals surface area contributed by atoms with E-state index in [2.05, 4.69) is 0 Å². The van der Waals surface area contributed by atoms with Crippen LogP contribution >= 0.6 is 0 Å². The minimum Gasteiger partial charge on any atom is -0.258 e. The van der Waals surface area contributed by atoms with E-state index in [0.29, 0.717) is 0 Å². The summed E-state index contributed by atoms with van der Waals surface area (Å²) in [6.07, 6.45) is 0. The zero-order valence-electron chi connectivity index (χ0n) is 9.56. The van der Waals surface area contributed by atoms with Crippen LogP contribution in [0.5, 0.6) is 0 Å². The normalized spacial score (nSPS) is 10.1. The van der Waals surface area contributed by atoms with E-state index in [0.717, 1.165) is 7.14 Å². The van der Waals surface area contributed by atoms with Gasteiger partial charge in [-0.15, -0.1) is 0 Å². The Balaban J connectivity index is 2.26. The fourth-order valence-corrected chi connectivity index (χ4v) is 3.87. The van der Waals surface area contributed by atoms with Crippen LogP contribution in [0.25, 0.3) is 0 Å². The monoisotopic (exact) mass is 372 g/mol. The SMILES string of the molecule is O=[N+]([O-])c1cccc([I+]c2cccc([N+](=O)O)c2)c1. The molecule has 0 aliphatic heterocycles. The molecule has 2 aromatic carbocycles. The fourth-order valence-electron chi connectivity index (χ4n) is 1.43. The minimum atomic E-state index is -0.637. The van der Waals surface area contributed by atoms with Crippen LogP contribution in [0.1, 0.15) is 0 Å². The number of halogens is 1. The molecule has 0 aliphatic rings. The van der Waals surface area contributed by atoms with Gasteiger partial charge in [0.15, 0.2) is 0 Å². The highest BCUT2D eigenvalue weighted by atomic mass is 127. The van der Waals surface area contributed by atoms with Gasteiger partial charge in [-0.1, -0.05) is 12.1 Å². The van der Waals surface area contributed by atoms with Crippen molar-refractivity contribution in [3.63, 3.8) is 0 Å². The number of nitrogens with zero attached hydrogens (tertiary/aromatic N) is 2. The number of benzene rings is 2. The Bertz CT molecular complexity index is 590. The maximum Gasteiger partial charge on any atom is 0.358 e. The zero-order valence-corrected chi connectivity index (χ0v) is 11.7. The predicted molar refractivity (Wildman–Crippen MR) is 62.0 cm³/mol. The van der Waals surface area contributed by atoms with Gasteiger partial charge < -0.3 is 0 Å². The first-order valence-corrected chi connectivity index (χ1v) is 7.37. The van der Waals surface area contributed by atoms with Crippen LogP contribution in [0.3, 0.4) is 0 Å². The molecule has 0 aromatic heterocycles. The lowest BCUT2D eigenvalue weighted by molar-refractivity contribution is -0.730. The van der Waals surface area contributed by atoms with Crippen LogP contribution in [0, 0.1) is 22.2 Å². The highest BCUT2D eigenvalue weighted by Crippen LogP contribution is 2.08. The number of nitro groups is 1. The first kappa shape index (κ1) is 13.4. The maximum atomic E-state index is 10.8. The molecule has 0 saturated carbocycles. The molecule has 7 heteroatoms. The Morgan fingerprint density at radius 2 is 1.47 bits per heavy atom. The average Bonchev–Trinajstić information content (AvgIpc) is 2.39. The number of nitro benzene ring substituents is 1. The summed E-state index contributed by atoms with van der Waals surface area (Å²) in [5, 5.41) is 19.5. The highest BCUT2D eigenvalue weighted by molar-refractivity contribution is 5.29. The van der Waals surface area contributed by atoms with Crippen LogP contribution in [0.15, 0.2) is 48.5 Å². The van der Waals surface area contributed by atoms with Gasteiger partial charge in [0.1, 0.15) is 0 Å². The van der Waals surface area contributed by atoms with Gasteiger partial charge in [-0.05, 0) is 12.1 Å². The molecule has 96 valence electrons. The summed E-state index contributed by atoms with van der Waals surface area (Å²) in [6.45, 7) is 0. The molecule has 2 rings (SSSR count). The molecular formula is C12H9IN2O4+2. The maximum absolute atomic E-state index is 10.8. The van der Waals surface area contributed by atoms with Crippen LogP contribution in [-0.4, -0.2) is 15.1 Å². The van der Waals surface area contributed by atoms with Crippen molar-refractivity contribution in [2.24, 2.45) is 0 Å². The summed E-state index contributed by atoms with van der Waals surface area (Å²) in [5.41, 5.74) is 0.212. The predicted octanol–water partition coefficient (Wildman–Crippen LogP) is -0.477. The molecule has 0 radical (unpaired) electrons. The van der Waals surface area contributed by atoms with E-state index in [4.69, 9.17) is 5.21 Å². The van der Waals surface area contributed by atoms with Gasteiger partial charge in [0.2, 0.25) is 7.14 Å². The van der Waals surface area contributed by atoms with Crippen molar-refractivity contribution in [1.82, 2.24) is 0 Å². The highest BCUT2D eigenvalue weighted by Gasteiger charge is 2.22. The van der Waals surface area contributed by atoms with Crippen molar-refractivity contribution in [2.45, 2.75) is 0 Å². The van der Waals surface area contributed by atoms with E-state index in [1.165, 1.54) is 18.2 Å². The fraction of sp³-hybridized carbons (Fsp3) is 0. The zero-order chi connectivity index (χ0) is 13.8. The third kappa shape index (κ3) is 3.47. The molecule has 0 spiro atoms. The molecule has 2 aromatic rings. The Labute approximate surface area is 118 Å². The van der Waals surface area contributed by atoms with Gasteiger partial charge in [-0.2, -0.15) is 0 Å². The van der Waals surface area contributed by atoms with Crippen LogP contribution in [0.4, 0.5) is 11.4 Å². The summed E-state index contributed by atoms with van der Waals surface area (Å²) in [4.78, 5) is 20.8.